The van der Waals surface area contributed by atoms with Gasteiger partial charge in [0.2, 0.25) is 0 Å². The van der Waals surface area contributed by atoms with E-state index < -0.39 is 0 Å². The highest BCUT2D eigenvalue weighted by molar-refractivity contribution is 4.90. The lowest BCUT2D eigenvalue weighted by Gasteiger charge is -2.04. The molecule has 0 radical (unpaired) electrons. The van der Waals surface area contributed by atoms with Crippen molar-refractivity contribution in [3.05, 3.63) is 0 Å². The van der Waals surface area contributed by atoms with Crippen molar-refractivity contribution in [2.75, 3.05) is 0 Å². The third-order valence-corrected chi connectivity index (χ3v) is 1.66. The molecule has 1 heteroatoms. The van der Waals surface area contributed by atoms with E-state index in [2.05, 4.69) is 26.1 Å². The van der Waals surface area contributed by atoms with Crippen molar-refractivity contribution in [2.24, 2.45) is 5.92 Å². The van der Waals surface area contributed by atoms with Crippen LogP contribution in [0, 0.1) is 5.92 Å². The summed E-state index contributed by atoms with van der Waals surface area (Å²) in [6, 6.07) is 1.51. The monoisotopic (exact) mass is 113 g/mol. The molecule has 0 unspecified atom stereocenters. The summed E-state index contributed by atoms with van der Waals surface area (Å²) in [6.45, 7) is 6.69. The summed E-state index contributed by atoms with van der Waals surface area (Å²) in [4.78, 5) is 0. The van der Waals surface area contributed by atoms with Crippen molar-refractivity contribution in [3.8, 4) is 0 Å². The van der Waals surface area contributed by atoms with E-state index in [0.717, 1.165) is 12.0 Å². The van der Waals surface area contributed by atoms with Crippen LogP contribution in [-0.2, 0) is 0 Å². The minimum absolute atomic E-state index is 0.671. The Kier molecular flexibility index (Phi) is 1.57. The van der Waals surface area contributed by atoms with Crippen LogP contribution in [0.25, 0.3) is 0 Å². The molecule has 8 heavy (non-hydrogen) atoms. The predicted molar refractivity (Wildman–Crippen MR) is 35.8 cm³/mol. The van der Waals surface area contributed by atoms with E-state index in [1.165, 1.54) is 6.42 Å². The van der Waals surface area contributed by atoms with Gasteiger partial charge in [0.05, 0.1) is 0 Å². The zero-order valence-corrected chi connectivity index (χ0v) is 5.94. The van der Waals surface area contributed by atoms with Crippen LogP contribution in [0.3, 0.4) is 0 Å². The molecule has 0 amide bonds. The Bertz CT molecular complexity index is 78.5. The summed E-state index contributed by atoms with van der Waals surface area (Å²) in [5.41, 5.74) is 0. The van der Waals surface area contributed by atoms with E-state index in [1.54, 1.807) is 0 Å². The molecule has 1 nitrogen and oxygen atoms in total. The maximum atomic E-state index is 3.47. The molecule has 1 aliphatic carbocycles. The molecule has 0 heterocycles. The minimum Gasteiger partial charge on any atom is -0.312 e. The van der Waals surface area contributed by atoms with Gasteiger partial charge < -0.3 is 5.32 Å². The Labute approximate surface area is 51.5 Å². The quantitative estimate of drug-likeness (QED) is 0.570. The van der Waals surface area contributed by atoms with E-state index >= 15 is 0 Å². The smallest absolute Gasteiger partial charge is 0.00987 e. The molecule has 0 aromatic heterocycles. The second-order valence-electron chi connectivity index (χ2n) is 3.14. The third kappa shape index (κ3) is 1.48. The first-order valence-corrected chi connectivity index (χ1v) is 3.46. The molecular weight excluding hydrogens is 98.1 g/mol. The summed E-state index contributed by atoms with van der Waals surface area (Å²) < 4.78 is 0. The Balaban J connectivity index is 2.05. The van der Waals surface area contributed by atoms with Crippen LogP contribution in [0.2, 0.25) is 0 Å². The summed E-state index contributed by atoms with van der Waals surface area (Å²) in [5, 5.41) is 3.47. The molecule has 0 aromatic carbocycles. The number of nitrogens with one attached hydrogen (secondary N) is 1. The third-order valence-electron chi connectivity index (χ3n) is 1.66. The topological polar surface area (TPSA) is 12.0 Å². The first-order chi connectivity index (χ1) is 3.70. The maximum Gasteiger partial charge on any atom is 0.00987 e. The Morgan fingerprint density at radius 1 is 1.50 bits per heavy atom. The van der Waals surface area contributed by atoms with E-state index in [0.29, 0.717) is 6.04 Å². The lowest BCUT2D eigenvalue weighted by atomic mass is 10.4. The van der Waals surface area contributed by atoms with Crippen LogP contribution in [0.4, 0.5) is 0 Å². The van der Waals surface area contributed by atoms with Gasteiger partial charge in [-0.05, 0) is 12.3 Å². The fraction of sp³-hybridized carbons (Fsp3) is 1.00. The van der Waals surface area contributed by atoms with Gasteiger partial charge >= 0.3 is 0 Å². The van der Waals surface area contributed by atoms with Gasteiger partial charge in [-0.3, -0.25) is 0 Å². The molecule has 0 aliphatic heterocycles. The molecule has 0 spiro atoms. The summed E-state index contributed by atoms with van der Waals surface area (Å²) in [7, 11) is 0. The van der Waals surface area contributed by atoms with Gasteiger partial charge in [0.1, 0.15) is 0 Å². The molecule has 1 N–H and O–H groups in total. The van der Waals surface area contributed by atoms with Crippen LogP contribution >= 0.6 is 0 Å². The fourth-order valence-corrected chi connectivity index (χ4v) is 0.982. The van der Waals surface area contributed by atoms with Gasteiger partial charge in [0, 0.05) is 12.1 Å². The lowest BCUT2D eigenvalue weighted by Crippen LogP contribution is -2.25. The largest absolute Gasteiger partial charge is 0.312 e. The van der Waals surface area contributed by atoms with Crippen LogP contribution in [0.1, 0.15) is 27.2 Å². The molecular formula is C7H15N. The van der Waals surface area contributed by atoms with Crippen LogP contribution < -0.4 is 5.32 Å². The van der Waals surface area contributed by atoms with Crippen LogP contribution in [0.15, 0.2) is 0 Å². The molecule has 1 rings (SSSR count). The second kappa shape index (κ2) is 2.06. The Morgan fingerprint density at radius 2 is 2.00 bits per heavy atom. The molecule has 1 fully saturated rings. The second-order valence-corrected chi connectivity index (χ2v) is 3.14. The molecule has 0 saturated heterocycles. The summed E-state index contributed by atoms with van der Waals surface area (Å²) >= 11 is 0. The average Bonchev–Trinajstić information content (AvgIpc) is 2.17. The predicted octanol–water partition coefficient (Wildman–Crippen LogP) is 1.39. The first-order valence-electron chi connectivity index (χ1n) is 3.46. The van der Waals surface area contributed by atoms with E-state index in [1.807, 2.05) is 0 Å². The van der Waals surface area contributed by atoms with Crippen molar-refractivity contribution < 1.29 is 0 Å². The van der Waals surface area contributed by atoms with Gasteiger partial charge in [0.15, 0.2) is 0 Å². The first kappa shape index (κ1) is 6.09. The number of hydrogen-bond acceptors (Lipinski definition) is 1. The van der Waals surface area contributed by atoms with Crippen molar-refractivity contribution in [2.45, 2.75) is 39.3 Å². The summed E-state index contributed by atoms with van der Waals surface area (Å²) in [6.07, 6.45) is 1.39. The van der Waals surface area contributed by atoms with Crippen LogP contribution in [-0.4, -0.2) is 12.1 Å². The van der Waals surface area contributed by atoms with Gasteiger partial charge in [-0.1, -0.05) is 20.8 Å². The summed E-state index contributed by atoms with van der Waals surface area (Å²) in [5.74, 6) is 0.942. The van der Waals surface area contributed by atoms with Crippen molar-refractivity contribution in [1.82, 2.24) is 5.32 Å². The maximum absolute atomic E-state index is 3.47. The Hall–Kier alpha value is -0.0400. The highest BCUT2D eigenvalue weighted by atomic mass is 15.0. The van der Waals surface area contributed by atoms with Gasteiger partial charge in [-0.2, -0.15) is 0 Å². The minimum atomic E-state index is 0.671. The van der Waals surface area contributed by atoms with Gasteiger partial charge in [-0.15, -0.1) is 0 Å². The average molecular weight is 113 g/mol. The van der Waals surface area contributed by atoms with E-state index in [9.17, 15) is 0 Å². The number of hydrogen-bond donors (Lipinski definition) is 1. The zero-order chi connectivity index (χ0) is 6.15. The number of rotatable bonds is 2. The van der Waals surface area contributed by atoms with Crippen LogP contribution in [0.5, 0.6) is 0 Å². The molecule has 48 valence electrons. The highest BCUT2D eigenvalue weighted by Crippen LogP contribution is 2.29. The molecule has 0 bridgehead atoms. The van der Waals surface area contributed by atoms with Gasteiger partial charge in [0.25, 0.3) is 0 Å². The Morgan fingerprint density at radius 3 is 2.12 bits per heavy atom. The van der Waals surface area contributed by atoms with Gasteiger partial charge in [-0.25, -0.2) is 0 Å². The molecule has 1 aliphatic rings. The molecule has 1 saturated carbocycles. The van der Waals surface area contributed by atoms with E-state index in [4.69, 9.17) is 0 Å². The van der Waals surface area contributed by atoms with E-state index in [-0.39, 0.29) is 0 Å². The zero-order valence-electron chi connectivity index (χ0n) is 5.94. The van der Waals surface area contributed by atoms with Crippen molar-refractivity contribution in [3.63, 3.8) is 0 Å². The van der Waals surface area contributed by atoms with Crippen molar-refractivity contribution >= 4 is 0 Å². The van der Waals surface area contributed by atoms with Crippen molar-refractivity contribution in [1.29, 1.82) is 0 Å². The lowest BCUT2D eigenvalue weighted by molar-refractivity contribution is 0.565. The molecule has 2 atom stereocenters. The molecule has 0 aromatic rings. The fourth-order valence-electron chi connectivity index (χ4n) is 0.982. The normalized spacial score (nSPS) is 36.0. The highest BCUT2D eigenvalue weighted by Gasteiger charge is 2.32. The SMILES string of the molecule is CC(C)N[C@@H]1C[C@H]1C. The standard InChI is InChI=1S/C7H15N/c1-5(2)8-7-4-6(7)3/h5-8H,4H2,1-3H3/t6-,7-/m1/s1.